The molecule has 1 aromatic heterocycles. The number of nitrogens with one attached hydrogen (secondary N) is 1. The van der Waals surface area contributed by atoms with Crippen LogP contribution in [-0.2, 0) is 6.54 Å². The predicted octanol–water partition coefficient (Wildman–Crippen LogP) is 2.43. The summed E-state index contributed by atoms with van der Waals surface area (Å²) in [6.07, 6.45) is 0.518. The van der Waals surface area contributed by atoms with Gasteiger partial charge < -0.3 is 14.8 Å². The van der Waals surface area contributed by atoms with Crippen LogP contribution in [0.5, 0.6) is 0 Å². The highest BCUT2D eigenvalue weighted by Crippen LogP contribution is 2.12. The number of rotatable bonds is 6. The van der Waals surface area contributed by atoms with Gasteiger partial charge in [-0.05, 0) is 42.6 Å². The van der Waals surface area contributed by atoms with Crippen LogP contribution in [0.25, 0.3) is 0 Å². The summed E-state index contributed by atoms with van der Waals surface area (Å²) >= 11 is 5.63. The monoisotopic (exact) mass is 231 g/mol. The van der Waals surface area contributed by atoms with Crippen LogP contribution < -0.4 is 5.32 Å². The largest absolute Gasteiger partial charge is 0.448 e. The highest BCUT2D eigenvalue weighted by atomic mass is 35.5. The summed E-state index contributed by atoms with van der Waals surface area (Å²) in [5, 5.41) is 13.1. The molecule has 1 rings (SSSR count). The van der Waals surface area contributed by atoms with Crippen LogP contribution in [-0.4, -0.2) is 17.8 Å². The molecule has 1 heterocycles. The van der Waals surface area contributed by atoms with Crippen molar-refractivity contribution in [3.63, 3.8) is 0 Å². The smallest absolute Gasteiger partial charge is 0.193 e. The highest BCUT2D eigenvalue weighted by Gasteiger charge is 2.08. The van der Waals surface area contributed by atoms with Gasteiger partial charge in [-0.15, -0.1) is 0 Å². The van der Waals surface area contributed by atoms with Crippen molar-refractivity contribution in [2.75, 3.05) is 6.54 Å². The Morgan fingerprint density at radius 3 is 2.73 bits per heavy atom. The lowest BCUT2D eigenvalue weighted by Crippen LogP contribution is -2.23. The molecular formula is C11H18ClNO2. The first kappa shape index (κ1) is 12.6. The molecule has 0 aliphatic heterocycles. The molecule has 0 saturated heterocycles. The van der Waals surface area contributed by atoms with Crippen molar-refractivity contribution in [2.45, 2.75) is 32.9 Å². The molecule has 1 atom stereocenters. The van der Waals surface area contributed by atoms with E-state index in [0.29, 0.717) is 17.7 Å². The number of hydrogen-bond donors (Lipinski definition) is 2. The molecule has 0 radical (unpaired) electrons. The van der Waals surface area contributed by atoms with E-state index < -0.39 is 0 Å². The minimum absolute atomic E-state index is 0.238. The molecule has 0 saturated carbocycles. The molecule has 0 amide bonds. The summed E-state index contributed by atoms with van der Waals surface area (Å²) in [5.74, 6) is 1.13. The van der Waals surface area contributed by atoms with E-state index >= 15 is 0 Å². The maximum absolute atomic E-state index is 9.54. The Kier molecular flexibility index (Phi) is 5.15. The third-order valence-corrected chi connectivity index (χ3v) is 2.52. The van der Waals surface area contributed by atoms with Crippen LogP contribution in [0.2, 0.25) is 5.22 Å². The third kappa shape index (κ3) is 4.69. The van der Waals surface area contributed by atoms with E-state index in [4.69, 9.17) is 16.0 Å². The molecule has 2 N–H and O–H groups in total. The van der Waals surface area contributed by atoms with Gasteiger partial charge in [-0.2, -0.15) is 0 Å². The lowest BCUT2D eigenvalue weighted by molar-refractivity contribution is 0.116. The Morgan fingerprint density at radius 1 is 1.47 bits per heavy atom. The van der Waals surface area contributed by atoms with E-state index in [0.717, 1.165) is 18.7 Å². The number of halogens is 1. The Hall–Kier alpha value is -0.510. The SMILES string of the molecule is CC(C)C(O)CCNCc1ccc(Cl)o1. The number of hydrogen-bond acceptors (Lipinski definition) is 3. The summed E-state index contributed by atoms with van der Waals surface area (Å²) in [7, 11) is 0. The van der Waals surface area contributed by atoms with Crippen molar-refractivity contribution in [1.29, 1.82) is 0 Å². The van der Waals surface area contributed by atoms with E-state index in [9.17, 15) is 5.11 Å². The summed E-state index contributed by atoms with van der Waals surface area (Å²) in [6, 6.07) is 3.57. The van der Waals surface area contributed by atoms with Crippen molar-refractivity contribution in [3.8, 4) is 0 Å². The van der Waals surface area contributed by atoms with Gasteiger partial charge in [0.1, 0.15) is 5.76 Å². The van der Waals surface area contributed by atoms with Gasteiger partial charge in [-0.3, -0.25) is 0 Å². The van der Waals surface area contributed by atoms with Gasteiger partial charge in [0.15, 0.2) is 5.22 Å². The molecule has 3 nitrogen and oxygen atoms in total. The van der Waals surface area contributed by atoms with E-state index in [1.165, 1.54) is 0 Å². The fraction of sp³-hybridized carbons (Fsp3) is 0.636. The van der Waals surface area contributed by atoms with Crippen LogP contribution in [0, 0.1) is 5.92 Å². The maximum Gasteiger partial charge on any atom is 0.193 e. The normalized spacial score (nSPS) is 13.4. The van der Waals surface area contributed by atoms with E-state index in [1.54, 1.807) is 6.07 Å². The van der Waals surface area contributed by atoms with E-state index in [2.05, 4.69) is 5.32 Å². The quantitative estimate of drug-likeness (QED) is 0.740. The minimum Gasteiger partial charge on any atom is -0.448 e. The second kappa shape index (κ2) is 6.16. The van der Waals surface area contributed by atoms with Crippen molar-refractivity contribution in [1.82, 2.24) is 5.32 Å². The molecule has 1 aromatic rings. The summed E-state index contributed by atoms with van der Waals surface area (Å²) < 4.78 is 5.18. The van der Waals surface area contributed by atoms with Crippen molar-refractivity contribution in [3.05, 3.63) is 23.1 Å². The number of furan rings is 1. The average Bonchev–Trinajstić information content (AvgIpc) is 2.58. The highest BCUT2D eigenvalue weighted by molar-refractivity contribution is 6.28. The molecule has 4 heteroatoms. The molecule has 1 unspecified atom stereocenters. The topological polar surface area (TPSA) is 45.4 Å². The van der Waals surface area contributed by atoms with Gasteiger partial charge in [-0.1, -0.05) is 13.8 Å². The fourth-order valence-corrected chi connectivity index (χ4v) is 1.40. The van der Waals surface area contributed by atoms with Crippen LogP contribution in [0.3, 0.4) is 0 Å². The Morgan fingerprint density at radius 2 is 2.20 bits per heavy atom. The van der Waals surface area contributed by atoms with Gasteiger partial charge in [0, 0.05) is 0 Å². The van der Waals surface area contributed by atoms with Gasteiger partial charge in [-0.25, -0.2) is 0 Å². The zero-order valence-electron chi connectivity index (χ0n) is 9.16. The molecule has 15 heavy (non-hydrogen) atoms. The maximum atomic E-state index is 9.54. The van der Waals surface area contributed by atoms with E-state index in [-0.39, 0.29) is 6.10 Å². The van der Waals surface area contributed by atoms with Crippen LogP contribution in [0.4, 0.5) is 0 Å². The van der Waals surface area contributed by atoms with Crippen LogP contribution >= 0.6 is 11.6 Å². The molecular weight excluding hydrogens is 214 g/mol. The van der Waals surface area contributed by atoms with E-state index in [1.807, 2.05) is 19.9 Å². The first-order valence-electron chi connectivity index (χ1n) is 5.22. The number of aliphatic hydroxyl groups is 1. The lowest BCUT2D eigenvalue weighted by Gasteiger charge is -2.13. The molecule has 0 aliphatic rings. The van der Waals surface area contributed by atoms with Crippen LogP contribution in [0.15, 0.2) is 16.5 Å². The standard InChI is InChI=1S/C11H18ClNO2/c1-8(2)10(14)5-6-13-7-9-3-4-11(12)15-9/h3-4,8,10,13-14H,5-7H2,1-2H3. The van der Waals surface area contributed by atoms with Crippen molar-refractivity contribution in [2.24, 2.45) is 5.92 Å². The molecule has 0 bridgehead atoms. The Labute approximate surface area is 95.4 Å². The second-order valence-electron chi connectivity index (χ2n) is 3.98. The summed E-state index contributed by atoms with van der Waals surface area (Å²) in [5.41, 5.74) is 0. The summed E-state index contributed by atoms with van der Waals surface area (Å²) in [4.78, 5) is 0. The van der Waals surface area contributed by atoms with Crippen molar-refractivity contribution >= 4 is 11.6 Å². The molecule has 86 valence electrons. The third-order valence-electron chi connectivity index (χ3n) is 2.31. The fourth-order valence-electron chi connectivity index (χ4n) is 1.24. The molecule has 0 fully saturated rings. The lowest BCUT2D eigenvalue weighted by atomic mass is 10.0. The van der Waals surface area contributed by atoms with Gasteiger partial charge in [0.2, 0.25) is 0 Å². The molecule has 0 spiro atoms. The molecule has 0 aromatic carbocycles. The summed E-state index contributed by atoms with van der Waals surface area (Å²) in [6.45, 7) is 5.45. The minimum atomic E-state index is -0.238. The number of aliphatic hydroxyl groups excluding tert-OH is 1. The average molecular weight is 232 g/mol. The second-order valence-corrected chi connectivity index (χ2v) is 4.36. The zero-order valence-corrected chi connectivity index (χ0v) is 9.92. The van der Waals surface area contributed by atoms with Crippen LogP contribution in [0.1, 0.15) is 26.0 Å². The zero-order chi connectivity index (χ0) is 11.3. The Balaban J connectivity index is 2.12. The van der Waals surface area contributed by atoms with Gasteiger partial charge in [0.25, 0.3) is 0 Å². The van der Waals surface area contributed by atoms with Gasteiger partial charge in [0.05, 0.1) is 12.6 Å². The first-order valence-corrected chi connectivity index (χ1v) is 5.60. The first-order chi connectivity index (χ1) is 7.09. The predicted molar refractivity (Wildman–Crippen MR) is 60.9 cm³/mol. The van der Waals surface area contributed by atoms with Crippen molar-refractivity contribution < 1.29 is 9.52 Å². The van der Waals surface area contributed by atoms with Gasteiger partial charge >= 0.3 is 0 Å². The Bertz CT molecular complexity index is 286. The molecule has 0 aliphatic carbocycles.